The quantitative estimate of drug-likeness (QED) is 0.361. The van der Waals surface area contributed by atoms with E-state index in [1.807, 2.05) is 13.8 Å². The number of thiazole rings is 1. The Kier molecular flexibility index (Phi) is 9.87. The van der Waals surface area contributed by atoms with Gasteiger partial charge in [0.2, 0.25) is 15.9 Å². The molecular weight excluding hydrogens is 492 g/mol. The molecule has 0 aromatic carbocycles. The lowest BCUT2D eigenvalue weighted by Gasteiger charge is -2.05. The van der Waals surface area contributed by atoms with E-state index >= 15 is 0 Å². The Morgan fingerprint density at radius 3 is 2.60 bits per heavy atom. The Hall–Kier alpha value is -3.16. The number of pyridine rings is 1. The molecule has 1 saturated carbocycles. The van der Waals surface area contributed by atoms with Gasteiger partial charge in [-0.25, -0.2) is 18.4 Å². The molecule has 192 valence electrons. The molecule has 0 atom stereocenters. The van der Waals surface area contributed by atoms with Crippen molar-refractivity contribution in [3.63, 3.8) is 0 Å². The number of sulfonamides is 1. The summed E-state index contributed by atoms with van der Waals surface area (Å²) in [6.07, 6.45) is 9.46. The van der Waals surface area contributed by atoms with E-state index in [0.717, 1.165) is 17.7 Å². The fraction of sp³-hybridized carbons (Fsp3) is 0.409. The molecular formula is C22H32N6O5S2. The van der Waals surface area contributed by atoms with Crippen molar-refractivity contribution in [3.05, 3.63) is 48.1 Å². The van der Waals surface area contributed by atoms with Gasteiger partial charge in [-0.3, -0.25) is 19.5 Å². The topological polar surface area (TPSA) is 145 Å². The highest BCUT2D eigenvalue weighted by atomic mass is 32.2. The Bertz CT molecular complexity index is 1200. The Morgan fingerprint density at radius 1 is 1.14 bits per heavy atom. The van der Waals surface area contributed by atoms with Crippen LogP contribution < -0.4 is 14.8 Å². The van der Waals surface area contributed by atoms with E-state index in [9.17, 15) is 13.2 Å². The number of aromatic nitrogens is 4. The number of rotatable bonds is 11. The monoisotopic (exact) mass is 524 g/mol. The molecule has 0 radical (unpaired) electrons. The zero-order chi connectivity index (χ0) is 25.1. The van der Waals surface area contributed by atoms with Crippen LogP contribution in [0.4, 0.5) is 5.69 Å². The summed E-state index contributed by atoms with van der Waals surface area (Å²) in [5, 5.41) is 2.96. The molecule has 0 aliphatic heterocycles. The third kappa shape index (κ3) is 8.53. The van der Waals surface area contributed by atoms with Crippen LogP contribution >= 0.6 is 11.3 Å². The summed E-state index contributed by atoms with van der Waals surface area (Å²) >= 11 is 1.26. The van der Waals surface area contributed by atoms with Crippen LogP contribution in [0.3, 0.4) is 0 Å². The molecule has 0 bridgehead atoms. The van der Waals surface area contributed by atoms with Crippen molar-refractivity contribution in [2.24, 2.45) is 0 Å². The molecule has 1 amide bonds. The van der Waals surface area contributed by atoms with Crippen LogP contribution in [0.2, 0.25) is 0 Å². The minimum atomic E-state index is -3.12. The van der Waals surface area contributed by atoms with Gasteiger partial charge in [0.25, 0.3) is 5.91 Å². The Balaban J connectivity index is 0.000000392. The van der Waals surface area contributed by atoms with Crippen molar-refractivity contribution in [2.75, 3.05) is 31.1 Å². The van der Waals surface area contributed by atoms with Crippen LogP contribution in [-0.4, -0.2) is 65.9 Å². The highest BCUT2D eigenvalue weighted by Crippen LogP contribution is 2.29. The molecule has 3 heterocycles. The number of nitrogens with zero attached hydrogens (tertiary/aromatic N) is 4. The average molecular weight is 525 g/mol. The van der Waals surface area contributed by atoms with Crippen LogP contribution in [0.1, 0.15) is 39.3 Å². The van der Waals surface area contributed by atoms with Crippen LogP contribution in [0.5, 0.6) is 5.88 Å². The molecule has 0 spiro atoms. The number of carbonyl (C=O) groups excluding carboxylic acids is 1. The second-order valence-electron chi connectivity index (χ2n) is 7.24. The largest absolute Gasteiger partial charge is 0.477 e. The van der Waals surface area contributed by atoms with Gasteiger partial charge in [0.15, 0.2) is 5.01 Å². The normalized spacial score (nSPS) is 12.9. The number of hydrogen-bond donors (Lipinski definition) is 2. The van der Waals surface area contributed by atoms with Gasteiger partial charge in [0, 0.05) is 34.6 Å². The molecule has 4 rings (SSSR count). The molecule has 1 aliphatic carbocycles. The first kappa shape index (κ1) is 26.4. The lowest BCUT2D eigenvalue weighted by molar-refractivity contribution is 0.0922. The number of amides is 1. The first-order chi connectivity index (χ1) is 16.9. The highest BCUT2D eigenvalue weighted by Gasteiger charge is 2.35. The summed E-state index contributed by atoms with van der Waals surface area (Å²) in [5.74, 6) is 0.237. The molecule has 3 aromatic rings. The van der Waals surface area contributed by atoms with E-state index in [2.05, 4.69) is 30.0 Å². The predicted octanol–water partition coefficient (Wildman–Crippen LogP) is 3.24. The van der Waals surface area contributed by atoms with Crippen LogP contribution in [0, 0.1) is 0 Å². The van der Waals surface area contributed by atoms with Crippen molar-refractivity contribution < 1.29 is 25.5 Å². The lowest BCUT2D eigenvalue weighted by Crippen LogP contribution is -2.27. The second kappa shape index (κ2) is 13.1. The van der Waals surface area contributed by atoms with E-state index in [1.54, 1.807) is 43.1 Å². The molecule has 11 nitrogen and oxygen atoms in total. The molecule has 1 fully saturated rings. The molecule has 13 heteroatoms. The maximum absolute atomic E-state index is 11.9. The van der Waals surface area contributed by atoms with Gasteiger partial charge in [0.1, 0.15) is 5.69 Å². The van der Waals surface area contributed by atoms with Crippen molar-refractivity contribution >= 4 is 33.0 Å². The zero-order valence-electron chi connectivity index (χ0n) is 19.5. The third-order valence-corrected chi connectivity index (χ3v) is 7.38. The summed E-state index contributed by atoms with van der Waals surface area (Å²) in [6.45, 7) is 5.89. The van der Waals surface area contributed by atoms with Gasteiger partial charge >= 0.3 is 0 Å². The Morgan fingerprint density at radius 2 is 1.91 bits per heavy atom. The average Bonchev–Trinajstić information content (AvgIpc) is 3.61. The fourth-order valence-electron chi connectivity index (χ4n) is 2.68. The number of anilines is 1. The smallest absolute Gasteiger partial charge is 0.280 e. The molecule has 35 heavy (non-hydrogen) atoms. The summed E-state index contributed by atoms with van der Waals surface area (Å²) in [5.41, 5.74) is 1.22. The SMILES string of the molecule is CCOCCNC(=O)c1ncc(-c2cncc(OCC)n2)s1.O=S(=O)(Nc1ccncc1)C1CC1.[HH].[HH]. The maximum atomic E-state index is 11.9. The van der Waals surface area contributed by atoms with Crippen LogP contribution in [0.25, 0.3) is 10.6 Å². The van der Waals surface area contributed by atoms with E-state index in [-0.39, 0.29) is 14.0 Å². The van der Waals surface area contributed by atoms with Crippen molar-refractivity contribution in [1.29, 1.82) is 0 Å². The van der Waals surface area contributed by atoms with E-state index in [4.69, 9.17) is 9.47 Å². The van der Waals surface area contributed by atoms with E-state index in [0.29, 0.717) is 48.6 Å². The number of hydrogen-bond acceptors (Lipinski definition) is 10. The van der Waals surface area contributed by atoms with Gasteiger partial charge in [-0.05, 0) is 38.8 Å². The number of nitrogens with one attached hydrogen (secondary N) is 2. The van der Waals surface area contributed by atoms with E-state index in [1.165, 1.54) is 11.3 Å². The van der Waals surface area contributed by atoms with Gasteiger partial charge in [-0.2, -0.15) is 0 Å². The zero-order valence-corrected chi connectivity index (χ0v) is 21.1. The summed E-state index contributed by atoms with van der Waals surface area (Å²) < 4.78 is 35.9. The standard InChI is InChI=1S/C14H18N4O3S.C8H10N2O2S.2H2/c1-3-20-6-5-16-13(19)14-17-8-11(22-14)10-7-15-9-12(18-10)21-4-2;11-13(12,8-1-2-8)10-7-3-5-9-6-4-7;;/h7-9H,3-6H2,1-2H3,(H,16,19);3-6,8H,1-2H2,(H,9,10);2*1H. The predicted molar refractivity (Wildman–Crippen MR) is 137 cm³/mol. The van der Waals surface area contributed by atoms with Crippen LogP contribution in [0.15, 0.2) is 43.1 Å². The van der Waals surface area contributed by atoms with Crippen LogP contribution in [-0.2, 0) is 14.8 Å². The third-order valence-electron chi connectivity index (χ3n) is 4.50. The lowest BCUT2D eigenvalue weighted by atomic mass is 10.4. The maximum Gasteiger partial charge on any atom is 0.280 e. The van der Waals surface area contributed by atoms with Crippen molar-refractivity contribution in [3.8, 4) is 16.5 Å². The Labute approximate surface area is 211 Å². The highest BCUT2D eigenvalue weighted by molar-refractivity contribution is 7.93. The van der Waals surface area contributed by atoms with Gasteiger partial charge < -0.3 is 14.8 Å². The summed E-state index contributed by atoms with van der Waals surface area (Å²) in [4.78, 5) is 29.0. The molecule has 2 N–H and O–H groups in total. The van der Waals surface area contributed by atoms with E-state index < -0.39 is 10.0 Å². The van der Waals surface area contributed by atoms with Gasteiger partial charge in [-0.15, -0.1) is 11.3 Å². The molecule has 0 saturated heterocycles. The number of carbonyl (C=O) groups is 1. The minimum Gasteiger partial charge on any atom is -0.477 e. The van der Waals surface area contributed by atoms with Gasteiger partial charge in [-0.1, -0.05) is 0 Å². The first-order valence-electron chi connectivity index (χ1n) is 11.1. The minimum absolute atomic E-state index is 0. The molecule has 0 unspecified atom stereocenters. The van der Waals surface area contributed by atoms with Crippen molar-refractivity contribution in [1.82, 2.24) is 25.3 Å². The van der Waals surface area contributed by atoms with Gasteiger partial charge in [0.05, 0.1) is 41.4 Å². The second-order valence-corrected chi connectivity index (χ2v) is 10.2. The number of ether oxygens (including phenoxy) is 2. The molecule has 3 aromatic heterocycles. The first-order valence-corrected chi connectivity index (χ1v) is 13.5. The fourth-order valence-corrected chi connectivity index (χ4v) is 4.86. The summed E-state index contributed by atoms with van der Waals surface area (Å²) in [7, 11) is -3.12. The summed E-state index contributed by atoms with van der Waals surface area (Å²) in [6, 6.07) is 3.28. The van der Waals surface area contributed by atoms with Crippen molar-refractivity contribution in [2.45, 2.75) is 31.9 Å². The molecule has 1 aliphatic rings.